The summed E-state index contributed by atoms with van der Waals surface area (Å²) < 4.78 is 0. The molecule has 1 nitrogen and oxygen atoms in total. The number of fused-ring (bicyclic) bond motifs is 1. The second-order valence-corrected chi connectivity index (χ2v) is 3.93. The zero-order chi connectivity index (χ0) is 7.84. The van der Waals surface area contributed by atoms with Gasteiger partial charge in [-0.3, -0.25) is 4.90 Å². The fourth-order valence-corrected chi connectivity index (χ4v) is 2.28. The minimum absolute atomic E-state index is 0.778. The Balaban J connectivity index is 1.96. The van der Waals surface area contributed by atoms with Crippen LogP contribution in [0.4, 0.5) is 0 Å². The van der Waals surface area contributed by atoms with Crippen molar-refractivity contribution in [3.63, 3.8) is 0 Å². The number of hydrogen-bond acceptors (Lipinski definition) is 1. The Bertz CT molecular complexity index is 172. The summed E-state index contributed by atoms with van der Waals surface area (Å²) in [5.41, 5.74) is 0. The molecule has 0 spiro atoms. The summed E-state index contributed by atoms with van der Waals surface area (Å²) in [4.78, 5) is 2.49. The number of likely N-dealkylation sites (N-methyl/N-ethyl adjacent to an activating group) is 1. The largest absolute Gasteiger partial charge is 0.299 e. The van der Waals surface area contributed by atoms with Gasteiger partial charge in [-0.1, -0.05) is 19.1 Å². The van der Waals surface area contributed by atoms with Gasteiger partial charge in [0.1, 0.15) is 0 Å². The number of likely N-dealkylation sites (tertiary alicyclic amines) is 1. The zero-order valence-corrected chi connectivity index (χ0v) is 7.46. The van der Waals surface area contributed by atoms with Crippen LogP contribution in [0.3, 0.4) is 0 Å². The van der Waals surface area contributed by atoms with Crippen LogP contribution in [0.2, 0.25) is 0 Å². The topological polar surface area (TPSA) is 3.24 Å². The number of hydrogen-bond donors (Lipinski definition) is 0. The third-order valence-corrected chi connectivity index (χ3v) is 3.02. The lowest BCUT2D eigenvalue weighted by molar-refractivity contribution is 0.312. The van der Waals surface area contributed by atoms with Crippen molar-refractivity contribution in [2.45, 2.75) is 25.8 Å². The van der Waals surface area contributed by atoms with Crippen molar-refractivity contribution in [3.05, 3.63) is 12.2 Å². The molecule has 1 heterocycles. The average molecular weight is 151 g/mol. The summed E-state index contributed by atoms with van der Waals surface area (Å²) in [5.74, 6) is 2.06. The van der Waals surface area contributed by atoms with Crippen molar-refractivity contribution in [2.24, 2.45) is 11.8 Å². The van der Waals surface area contributed by atoms with Gasteiger partial charge in [0.05, 0.1) is 0 Å². The maximum atomic E-state index is 2.49. The summed E-state index contributed by atoms with van der Waals surface area (Å²) in [6.45, 7) is 3.54. The Morgan fingerprint density at radius 1 is 1.55 bits per heavy atom. The summed E-state index contributed by atoms with van der Waals surface area (Å²) in [6.07, 6.45) is 7.38. The molecular formula is C10H17N. The normalized spacial score (nSPS) is 43.3. The number of piperidine rings is 1. The van der Waals surface area contributed by atoms with Crippen molar-refractivity contribution < 1.29 is 0 Å². The molecule has 2 aliphatic rings. The molecule has 1 aliphatic heterocycles. The van der Waals surface area contributed by atoms with E-state index in [-0.39, 0.29) is 0 Å². The van der Waals surface area contributed by atoms with Gasteiger partial charge < -0.3 is 0 Å². The molecule has 1 aliphatic carbocycles. The van der Waals surface area contributed by atoms with Crippen molar-refractivity contribution in [3.8, 4) is 0 Å². The van der Waals surface area contributed by atoms with Crippen LogP contribution in [0.1, 0.15) is 19.8 Å². The van der Waals surface area contributed by atoms with Crippen molar-refractivity contribution >= 4 is 0 Å². The van der Waals surface area contributed by atoms with E-state index in [1.165, 1.54) is 19.4 Å². The number of rotatable bonds is 2. The van der Waals surface area contributed by atoms with Crippen LogP contribution in [0, 0.1) is 11.8 Å². The molecule has 0 amide bonds. The van der Waals surface area contributed by atoms with Crippen LogP contribution in [-0.4, -0.2) is 24.5 Å². The lowest BCUT2D eigenvalue weighted by Crippen LogP contribution is -2.26. The summed E-state index contributed by atoms with van der Waals surface area (Å²) in [7, 11) is 2.25. The van der Waals surface area contributed by atoms with Crippen molar-refractivity contribution in [1.29, 1.82) is 0 Å². The number of nitrogens with zero attached hydrogens (tertiary/aromatic N) is 1. The average Bonchev–Trinajstić information content (AvgIpc) is 2.64. The fourth-order valence-electron chi connectivity index (χ4n) is 2.28. The number of allylic oxidation sites excluding steroid dienone is 1. The molecule has 2 fully saturated rings. The standard InChI is InChI=1S/C10H17N/c1-3-4-5-10-9-6-8(9)7-11(10)2/h4-5,8-10H,3,6-7H2,1-2H3/b5-4+. The van der Waals surface area contributed by atoms with E-state index >= 15 is 0 Å². The van der Waals surface area contributed by atoms with E-state index in [4.69, 9.17) is 0 Å². The Hall–Kier alpha value is -0.300. The molecule has 62 valence electrons. The third kappa shape index (κ3) is 1.22. The molecule has 0 bridgehead atoms. The van der Waals surface area contributed by atoms with Gasteiger partial charge in [0, 0.05) is 12.6 Å². The molecule has 3 unspecified atom stereocenters. The van der Waals surface area contributed by atoms with Gasteiger partial charge in [0.25, 0.3) is 0 Å². The lowest BCUT2D eigenvalue weighted by atomic mass is 10.1. The predicted molar refractivity (Wildman–Crippen MR) is 47.4 cm³/mol. The smallest absolute Gasteiger partial charge is 0.0306 e. The summed E-state index contributed by atoms with van der Waals surface area (Å²) in [5, 5.41) is 0. The molecule has 0 aromatic rings. The highest BCUT2D eigenvalue weighted by molar-refractivity contribution is 5.11. The second kappa shape index (κ2) is 2.63. The first kappa shape index (κ1) is 7.35. The molecule has 0 N–H and O–H groups in total. The quantitative estimate of drug-likeness (QED) is 0.545. The third-order valence-electron chi connectivity index (χ3n) is 3.02. The highest BCUT2D eigenvalue weighted by Crippen LogP contribution is 2.49. The molecule has 0 aromatic heterocycles. The van der Waals surface area contributed by atoms with Crippen LogP contribution < -0.4 is 0 Å². The van der Waals surface area contributed by atoms with Gasteiger partial charge >= 0.3 is 0 Å². The van der Waals surface area contributed by atoms with E-state index in [2.05, 4.69) is 31.0 Å². The first-order valence-electron chi connectivity index (χ1n) is 4.70. The molecule has 11 heavy (non-hydrogen) atoms. The zero-order valence-electron chi connectivity index (χ0n) is 7.46. The van der Waals surface area contributed by atoms with Crippen LogP contribution >= 0.6 is 0 Å². The van der Waals surface area contributed by atoms with Crippen LogP contribution in [0.15, 0.2) is 12.2 Å². The van der Waals surface area contributed by atoms with E-state index in [0.29, 0.717) is 0 Å². The maximum Gasteiger partial charge on any atom is 0.0306 e. The van der Waals surface area contributed by atoms with Crippen molar-refractivity contribution in [2.75, 3.05) is 13.6 Å². The molecule has 1 saturated carbocycles. The van der Waals surface area contributed by atoms with Gasteiger partial charge in [-0.25, -0.2) is 0 Å². The van der Waals surface area contributed by atoms with Gasteiger partial charge in [-0.05, 0) is 31.7 Å². The van der Waals surface area contributed by atoms with Crippen LogP contribution in [0.25, 0.3) is 0 Å². The van der Waals surface area contributed by atoms with Crippen molar-refractivity contribution in [1.82, 2.24) is 4.90 Å². The van der Waals surface area contributed by atoms with Crippen LogP contribution in [-0.2, 0) is 0 Å². The fraction of sp³-hybridized carbons (Fsp3) is 0.800. The highest BCUT2D eigenvalue weighted by atomic mass is 15.2. The van der Waals surface area contributed by atoms with E-state index in [1.807, 2.05) is 0 Å². The molecule has 0 radical (unpaired) electrons. The summed E-state index contributed by atoms with van der Waals surface area (Å²) in [6, 6.07) is 0.778. The molecule has 2 rings (SSSR count). The van der Waals surface area contributed by atoms with Gasteiger partial charge in [0.15, 0.2) is 0 Å². The van der Waals surface area contributed by atoms with Gasteiger partial charge in [-0.15, -0.1) is 0 Å². The molecule has 1 saturated heterocycles. The van der Waals surface area contributed by atoms with E-state index in [0.717, 1.165) is 17.9 Å². The SMILES string of the molecule is CC/C=C/C1C2CC2CN1C. The Kier molecular flexibility index (Phi) is 1.76. The maximum absolute atomic E-state index is 2.49. The predicted octanol–water partition coefficient (Wildman–Crippen LogP) is 1.90. The van der Waals surface area contributed by atoms with E-state index in [9.17, 15) is 0 Å². The lowest BCUT2D eigenvalue weighted by Gasteiger charge is -2.18. The Morgan fingerprint density at radius 3 is 2.91 bits per heavy atom. The Morgan fingerprint density at radius 2 is 2.36 bits per heavy atom. The minimum Gasteiger partial charge on any atom is -0.299 e. The first-order chi connectivity index (χ1) is 5.33. The Labute approximate surface area is 69.1 Å². The van der Waals surface area contributed by atoms with Gasteiger partial charge in [-0.2, -0.15) is 0 Å². The first-order valence-corrected chi connectivity index (χ1v) is 4.70. The summed E-state index contributed by atoms with van der Waals surface area (Å²) >= 11 is 0. The second-order valence-electron chi connectivity index (χ2n) is 3.93. The van der Waals surface area contributed by atoms with E-state index in [1.54, 1.807) is 0 Å². The molecule has 3 atom stereocenters. The molecular weight excluding hydrogens is 134 g/mol. The minimum atomic E-state index is 0.778. The molecule has 0 aromatic carbocycles. The van der Waals surface area contributed by atoms with Gasteiger partial charge in [0.2, 0.25) is 0 Å². The van der Waals surface area contributed by atoms with E-state index < -0.39 is 0 Å². The highest BCUT2D eigenvalue weighted by Gasteiger charge is 2.49. The van der Waals surface area contributed by atoms with Crippen LogP contribution in [0.5, 0.6) is 0 Å². The monoisotopic (exact) mass is 151 g/mol. The molecule has 1 heteroatoms.